The monoisotopic (exact) mass is 152 g/mol. The van der Waals surface area contributed by atoms with E-state index in [0.717, 1.165) is 19.3 Å². The van der Waals surface area contributed by atoms with Crippen molar-refractivity contribution in [2.45, 2.75) is 25.7 Å². The Morgan fingerprint density at radius 3 is 3.09 bits per heavy atom. The number of carbonyl (C=O) groups is 1. The van der Waals surface area contributed by atoms with Gasteiger partial charge in [-0.25, -0.2) is 0 Å². The van der Waals surface area contributed by atoms with Crippen LogP contribution in [0.1, 0.15) is 25.7 Å². The molecule has 0 amide bonds. The van der Waals surface area contributed by atoms with Crippen LogP contribution >= 0.6 is 0 Å². The second kappa shape index (κ2) is 3.96. The molecule has 0 saturated carbocycles. The molecule has 0 aliphatic heterocycles. The Balaban J connectivity index is 2.44. The molecule has 0 spiro atoms. The van der Waals surface area contributed by atoms with E-state index in [-0.39, 0.29) is 6.42 Å². The first kappa shape index (κ1) is 8.05. The van der Waals surface area contributed by atoms with Gasteiger partial charge in [0.05, 0.1) is 6.42 Å². The van der Waals surface area contributed by atoms with Crippen LogP contribution in [0.4, 0.5) is 0 Å². The van der Waals surface area contributed by atoms with Gasteiger partial charge in [-0.05, 0) is 19.3 Å². The molecule has 1 rings (SSSR count). The van der Waals surface area contributed by atoms with Gasteiger partial charge < -0.3 is 5.11 Å². The third-order valence-corrected chi connectivity index (χ3v) is 1.71. The van der Waals surface area contributed by atoms with E-state index in [9.17, 15) is 4.79 Å². The van der Waals surface area contributed by atoms with Gasteiger partial charge in [-0.3, -0.25) is 4.79 Å². The lowest BCUT2D eigenvalue weighted by Gasteiger charge is -2.05. The fourth-order valence-corrected chi connectivity index (χ4v) is 1.13. The van der Waals surface area contributed by atoms with Gasteiger partial charge >= 0.3 is 5.97 Å². The number of hydrogen-bond acceptors (Lipinski definition) is 1. The summed E-state index contributed by atoms with van der Waals surface area (Å²) in [5.41, 5.74) is 1.17. The maximum atomic E-state index is 10.2. The highest BCUT2D eigenvalue weighted by Gasteiger charge is 1.99. The topological polar surface area (TPSA) is 37.3 Å². The van der Waals surface area contributed by atoms with Crippen molar-refractivity contribution in [3.63, 3.8) is 0 Å². The van der Waals surface area contributed by atoms with Crippen LogP contribution in [0.15, 0.2) is 23.8 Å². The van der Waals surface area contributed by atoms with Crippen LogP contribution < -0.4 is 0 Å². The van der Waals surface area contributed by atoms with Crippen LogP contribution in [-0.4, -0.2) is 11.1 Å². The van der Waals surface area contributed by atoms with Crippen LogP contribution in [0.5, 0.6) is 0 Å². The summed E-state index contributed by atoms with van der Waals surface area (Å²) in [5, 5.41) is 8.38. The van der Waals surface area contributed by atoms with E-state index in [1.807, 2.05) is 6.08 Å². The Morgan fingerprint density at radius 1 is 1.73 bits per heavy atom. The third kappa shape index (κ3) is 3.03. The predicted octanol–water partition coefficient (Wildman–Crippen LogP) is 2.13. The van der Waals surface area contributed by atoms with Crippen molar-refractivity contribution in [1.82, 2.24) is 0 Å². The summed E-state index contributed by atoms with van der Waals surface area (Å²) in [7, 11) is 0. The molecule has 0 heterocycles. The molecule has 0 radical (unpaired) electrons. The fraction of sp³-hybridized carbons (Fsp3) is 0.444. The highest BCUT2D eigenvalue weighted by molar-refractivity contribution is 5.68. The van der Waals surface area contributed by atoms with Crippen molar-refractivity contribution in [3.05, 3.63) is 23.8 Å². The smallest absolute Gasteiger partial charge is 0.307 e. The lowest BCUT2D eigenvalue weighted by Crippen LogP contribution is -1.93. The lowest BCUT2D eigenvalue weighted by atomic mass is 10.0. The zero-order chi connectivity index (χ0) is 8.10. The van der Waals surface area contributed by atoms with Crippen molar-refractivity contribution >= 4 is 5.97 Å². The van der Waals surface area contributed by atoms with Crippen LogP contribution in [0, 0.1) is 0 Å². The van der Waals surface area contributed by atoms with Crippen molar-refractivity contribution in [1.29, 1.82) is 0 Å². The van der Waals surface area contributed by atoms with Gasteiger partial charge in [-0.15, -0.1) is 0 Å². The van der Waals surface area contributed by atoms with Gasteiger partial charge in [0.1, 0.15) is 0 Å². The zero-order valence-corrected chi connectivity index (χ0v) is 6.42. The van der Waals surface area contributed by atoms with Gasteiger partial charge in [0.2, 0.25) is 0 Å². The Morgan fingerprint density at radius 2 is 2.55 bits per heavy atom. The molecule has 2 heteroatoms. The Hall–Kier alpha value is -1.05. The predicted molar refractivity (Wildman–Crippen MR) is 43.3 cm³/mol. The van der Waals surface area contributed by atoms with Crippen molar-refractivity contribution < 1.29 is 9.90 Å². The SMILES string of the molecule is O=C(O)CC=C1C=CCCC1. The molecule has 0 unspecified atom stereocenters. The number of aliphatic carboxylic acids is 1. The standard InChI is InChI=1S/C9H12O2/c10-9(11)7-6-8-4-2-1-3-5-8/h2,4,6H,1,3,5,7H2,(H,10,11). The molecular weight excluding hydrogens is 140 g/mol. The average Bonchev–Trinajstić information content (AvgIpc) is 2.03. The summed E-state index contributed by atoms with van der Waals surface area (Å²) in [6, 6.07) is 0. The fourth-order valence-electron chi connectivity index (χ4n) is 1.13. The highest BCUT2D eigenvalue weighted by Crippen LogP contribution is 2.15. The van der Waals surface area contributed by atoms with Crippen molar-refractivity contribution in [2.24, 2.45) is 0 Å². The molecule has 0 bridgehead atoms. The summed E-state index contributed by atoms with van der Waals surface area (Å²) in [5.74, 6) is -0.753. The molecule has 0 atom stereocenters. The molecular formula is C9H12O2. The molecule has 0 aromatic rings. The van der Waals surface area contributed by atoms with E-state index in [2.05, 4.69) is 6.08 Å². The summed E-state index contributed by atoms with van der Waals surface area (Å²) >= 11 is 0. The first-order valence-electron chi connectivity index (χ1n) is 3.86. The molecule has 1 N–H and O–H groups in total. The van der Waals surface area contributed by atoms with Gasteiger partial charge in [-0.1, -0.05) is 23.8 Å². The van der Waals surface area contributed by atoms with E-state index in [1.165, 1.54) is 5.57 Å². The minimum Gasteiger partial charge on any atom is -0.481 e. The first-order valence-corrected chi connectivity index (χ1v) is 3.86. The van der Waals surface area contributed by atoms with Crippen LogP contribution in [-0.2, 0) is 4.79 Å². The van der Waals surface area contributed by atoms with E-state index in [1.54, 1.807) is 6.08 Å². The lowest BCUT2D eigenvalue weighted by molar-refractivity contribution is -0.136. The number of carboxylic acids is 1. The molecule has 0 aromatic heterocycles. The average molecular weight is 152 g/mol. The molecule has 60 valence electrons. The van der Waals surface area contributed by atoms with E-state index in [4.69, 9.17) is 5.11 Å². The number of rotatable bonds is 2. The van der Waals surface area contributed by atoms with Gasteiger partial charge in [0.25, 0.3) is 0 Å². The number of carboxylic acid groups (broad SMARTS) is 1. The summed E-state index contributed by atoms with van der Waals surface area (Å²) in [6.45, 7) is 0. The zero-order valence-electron chi connectivity index (χ0n) is 6.42. The molecule has 0 saturated heterocycles. The van der Waals surface area contributed by atoms with Crippen molar-refractivity contribution in [3.8, 4) is 0 Å². The molecule has 1 aliphatic carbocycles. The van der Waals surface area contributed by atoms with E-state index < -0.39 is 5.97 Å². The third-order valence-electron chi connectivity index (χ3n) is 1.71. The minimum absolute atomic E-state index is 0.152. The second-order valence-electron chi connectivity index (χ2n) is 2.67. The molecule has 11 heavy (non-hydrogen) atoms. The molecule has 0 aromatic carbocycles. The maximum absolute atomic E-state index is 10.2. The number of allylic oxidation sites excluding steroid dienone is 3. The maximum Gasteiger partial charge on any atom is 0.307 e. The van der Waals surface area contributed by atoms with Crippen LogP contribution in [0.3, 0.4) is 0 Å². The van der Waals surface area contributed by atoms with Crippen LogP contribution in [0.25, 0.3) is 0 Å². The van der Waals surface area contributed by atoms with Crippen LogP contribution in [0.2, 0.25) is 0 Å². The van der Waals surface area contributed by atoms with E-state index in [0.29, 0.717) is 0 Å². The Labute approximate surface area is 66.2 Å². The van der Waals surface area contributed by atoms with Gasteiger partial charge in [0, 0.05) is 0 Å². The normalized spacial score (nSPS) is 20.5. The van der Waals surface area contributed by atoms with Crippen molar-refractivity contribution in [2.75, 3.05) is 0 Å². The molecule has 2 nitrogen and oxygen atoms in total. The minimum atomic E-state index is -0.753. The molecule has 1 aliphatic rings. The first-order chi connectivity index (χ1) is 5.29. The molecule has 0 fully saturated rings. The quantitative estimate of drug-likeness (QED) is 0.658. The summed E-state index contributed by atoms with van der Waals surface area (Å²) < 4.78 is 0. The van der Waals surface area contributed by atoms with Gasteiger partial charge in [0.15, 0.2) is 0 Å². The Bertz CT molecular complexity index is 202. The number of hydrogen-bond donors (Lipinski definition) is 1. The van der Waals surface area contributed by atoms with E-state index >= 15 is 0 Å². The Kier molecular flexibility index (Phi) is 2.90. The second-order valence-corrected chi connectivity index (χ2v) is 2.67. The highest BCUT2D eigenvalue weighted by atomic mass is 16.4. The van der Waals surface area contributed by atoms with Gasteiger partial charge in [-0.2, -0.15) is 0 Å². The summed E-state index contributed by atoms with van der Waals surface area (Å²) in [6.07, 6.45) is 9.37. The summed E-state index contributed by atoms with van der Waals surface area (Å²) in [4.78, 5) is 10.2. The largest absolute Gasteiger partial charge is 0.481 e.